The zero-order valence-electron chi connectivity index (χ0n) is 11.8. The second kappa shape index (κ2) is 5.92. The number of anilines is 1. The number of hydrogen-bond donors (Lipinski definition) is 3. The zero-order chi connectivity index (χ0) is 15.5. The summed E-state index contributed by atoms with van der Waals surface area (Å²) in [5, 5.41) is 23.4. The molecule has 0 unspecified atom stereocenters. The molecule has 0 bridgehead atoms. The molecule has 6 nitrogen and oxygen atoms in total. The van der Waals surface area contributed by atoms with E-state index in [0.717, 1.165) is 4.88 Å². The first-order chi connectivity index (χ1) is 9.18. The average Bonchev–Trinajstić information content (AvgIpc) is 2.62. The Hall–Kier alpha value is -2.07. The molecule has 0 saturated carbocycles. The van der Waals surface area contributed by atoms with Gasteiger partial charge in [0.05, 0.1) is 17.0 Å². The standard InChI is InChI=1S/C13H17N3O3S/c1-7-8(2)20-10(9(7)11(17)18)16-12(19)15-6-13(3,4)5-14/h6H2,1-4H3,(H,17,18)(H2,15,16,19). The van der Waals surface area contributed by atoms with Crippen molar-refractivity contribution >= 4 is 28.3 Å². The van der Waals surface area contributed by atoms with E-state index in [1.54, 1.807) is 27.7 Å². The van der Waals surface area contributed by atoms with Crippen LogP contribution in [0, 0.1) is 30.6 Å². The number of aromatic carboxylic acids is 1. The third-order valence-electron chi connectivity index (χ3n) is 2.82. The number of nitrogens with one attached hydrogen (secondary N) is 2. The predicted molar refractivity (Wildman–Crippen MR) is 77.2 cm³/mol. The molecule has 1 aromatic rings. The highest BCUT2D eigenvalue weighted by Gasteiger charge is 2.22. The summed E-state index contributed by atoms with van der Waals surface area (Å²) in [6.45, 7) is 7.09. The molecule has 1 aromatic heterocycles. The summed E-state index contributed by atoms with van der Waals surface area (Å²) in [6, 6.07) is 1.55. The van der Waals surface area contributed by atoms with Gasteiger partial charge < -0.3 is 10.4 Å². The van der Waals surface area contributed by atoms with Gasteiger partial charge in [-0.05, 0) is 33.3 Å². The Morgan fingerprint density at radius 3 is 2.50 bits per heavy atom. The molecule has 0 aliphatic heterocycles. The molecule has 1 rings (SSSR count). The summed E-state index contributed by atoms with van der Waals surface area (Å²) in [5.41, 5.74) is 0.0891. The van der Waals surface area contributed by atoms with Crippen molar-refractivity contribution in [2.24, 2.45) is 5.41 Å². The number of carbonyl (C=O) groups excluding carboxylic acids is 1. The summed E-state index contributed by atoms with van der Waals surface area (Å²) in [6.07, 6.45) is 0. The molecule has 0 spiro atoms. The number of hydrogen-bond acceptors (Lipinski definition) is 4. The van der Waals surface area contributed by atoms with Crippen LogP contribution in [0.15, 0.2) is 0 Å². The molecule has 7 heteroatoms. The highest BCUT2D eigenvalue weighted by atomic mass is 32.1. The van der Waals surface area contributed by atoms with Gasteiger partial charge in [0.1, 0.15) is 5.00 Å². The van der Waals surface area contributed by atoms with Crippen molar-refractivity contribution in [2.75, 3.05) is 11.9 Å². The van der Waals surface area contributed by atoms with E-state index in [9.17, 15) is 9.59 Å². The Labute approximate surface area is 121 Å². The van der Waals surface area contributed by atoms with Gasteiger partial charge >= 0.3 is 12.0 Å². The van der Waals surface area contributed by atoms with Crippen LogP contribution in [0.5, 0.6) is 0 Å². The van der Waals surface area contributed by atoms with Gasteiger partial charge in [-0.1, -0.05) is 0 Å². The lowest BCUT2D eigenvalue weighted by molar-refractivity contribution is 0.0697. The van der Waals surface area contributed by atoms with Gasteiger partial charge in [-0.15, -0.1) is 11.3 Å². The van der Waals surface area contributed by atoms with Crippen molar-refractivity contribution in [1.29, 1.82) is 5.26 Å². The van der Waals surface area contributed by atoms with E-state index in [1.165, 1.54) is 11.3 Å². The van der Waals surface area contributed by atoms with Gasteiger partial charge in [-0.3, -0.25) is 5.32 Å². The molecule has 0 atom stereocenters. The van der Waals surface area contributed by atoms with Crippen molar-refractivity contribution in [3.8, 4) is 6.07 Å². The zero-order valence-corrected chi connectivity index (χ0v) is 12.6. The molecule has 0 aromatic carbocycles. The van der Waals surface area contributed by atoms with Gasteiger partial charge in [0.25, 0.3) is 0 Å². The van der Waals surface area contributed by atoms with E-state index in [4.69, 9.17) is 10.4 Å². The molecular formula is C13H17N3O3S. The topological polar surface area (TPSA) is 102 Å². The molecule has 0 fully saturated rings. The van der Waals surface area contributed by atoms with Gasteiger partial charge in [0, 0.05) is 11.4 Å². The number of carboxylic acid groups (broad SMARTS) is 1. The monoisotopic (exact) mass is 295 g/mol. The van der Waals surface area contributed by atoms with E-state index in [1.807, 2.05) is 0 Å². The summed E-state index contributed by atoms with van der Waals surface area (Å²) in [7, 11) is 0. The quantitative estimate of drug-likeness (QED) is 0.794. The Bertz CT molecular complexity index is 584. The van der Waals surface area contributed by atoms with Crippen molar-refractivity contribution in [3.63, 3.8) is 0 Å². The van der Waals surface area contributed by atoms with Crippen molar-refractivity contribution < 1.29 is 14.7 Å². The normalized spacial score (nSPS) is 10.8. The van der Waals surface area contributed by atoms with E-state index in [-0.39, 0.29) is 12.1 Å². The summed E-state index contributed by atoms with van der Waals surface area (Å²) < 4.78 is 0. The third-order valence-corrected chi connectivity index (χ3v) is 3.94. The third kappa shape index (κ3) is 3.71. The second-order valence-corrected chi connectivity index (χ2v) is 6.32. The fourth-order valence-electron chi connectivity index (χ4n) is 1.46. The van der Waals surface area contributed by atoms with Gasteiger partial charge in [-0.2, -0.15) is 5.26 Å². The van der Waals surface area contributed by atoms with Crippen LogP contribution in [0.3, 0.4) is 0 Å². The number of thiophene rings is 1. The fourth-order valence-corrected chi connectivity index (χ4v) is 2.51. The predicted octanol–water partition coefficient (Wildman–Crippen LogP) is 2.73. The number of carboxylic acids is 1. The lowest BCUT2D eigenvalue weighted by atomic mass is 9.96. The van der Waals surface area contributed by atoms with E-state index < -0.39 is 17.4 Å². The van der Waals surface area contributed by atoms with Crippen LogP contribution < -0.4 is 10.6 Å². The van der Waals surface area contributed by atoms with Crippen molar-refractivity contribution in [2.45, 2.75) is 27.7 Å². The molecular weight excluding hydrogens is 278 g/mol. The van der Waals surface area contributed by atoms with Crippen molar-refractivity contribution in [1.82, 2.24) is 5.32 Å². The number of amides is 2. The van der Waals surface area contributed by atoms with Crippen LogP contribution in [0.25, 0.3) is 0 Å². The van der Waals surface area contributed by atoms with E-state index in [0.29, 0.717) is 10.6 Å². The Kier molecular flexibility index (Phi) is 4.73. The molecule has 108 valence electrons. The maximum Gasteiger partial charge on any atom is 0.338 e. The van der Waals surface area contributed by atoms with Gasteiger partial charge in [0.2, 0.25) is 0 Å². The highest BCUT2D eigenvalue weighted by Crippen LogP contribution is 2.32. The molecule has 20 heavy (non-hydrogen) atoms. The van der Waals surface area contributed by atoms with Gasteiger partial charge in [-0.25, -0.2) is 9.59 Å². The van der Waals surface area contributed by atoms with E-state index >= 15 is 0 Å². The highest BCUT2D eigenvalue weighted by molar-refractivity contribution is 7.16. The van der Waals surface area contributed by atoms with Crippen molar-refractivity contribution in [3.05, 3.63) is 16.0 Å². The fraction of sp³-hybridized carbons (Fsp3) is 0.462. The van der Waals surface area contributed by atoms with Crippen LogP contribution in [-0.4, -0.2) is 23.7 Å². The Balaban J connectivity index is 2.80. The molecule has 3 N–H and O–H groups in total. The minimum Gasteiger partial charge on any atom is -0.478 e. The molecule has 2 amide bonds. The summed E-state index contributed by atoms with van der Waals surface area (Å²) in [5.74, 6) is -1.07. The number of rotatable bonds is 4. The first kappa shape index (κ1) is 16.0. The maximum absolute atomic E-state index is 11.8. The lowest BCUT2D eigenvalue weighted by Gasteiger charge is -2.16. The number of nitriles is 1. The van der Waals surface area contributed by atoms with Crippen LogP contribution in [0.1, 0.15) is 34.6 Å². The lowest BCUT2D eigenvalue weighted by Crippen LogP contribution is -2.36. The number of nitrogens with zero attached hydrogens (tertiary/aromatic N) is 1. The number of aryl methyl sites for hydroxylation is 1. The van der Waals surface area contributed by atoms with Gasteiger partial charge in [0.15, 0.2) is 0 Å². The first-order valence-electron chi connectivity index (χ1n) is 5.97. The smallest absolute Gasteiger partial charge is 0.338 e. The minimum atomic E-state index is -1.07. The SMILES string of the molecule is Cc1sc(NC(=O)NCC(C)(C)C#N)c(C(=O)O)c1C. The molecule has 0 saturated heterocycles. The van der Waals surface area contributed by atoms with Crippen LogP contribution >= 0.6 is 11.3 Å². The molecule has 0 aliphatic carbocycles. The summed E-state index contributed by atoms with van der Waals surface area (Å²) >= 11 is 1.22. The molecule has 1 heterocycles. The second-order valence-electron chi connectivity index (χ2n) is 5.10. The Morgan fingerprint density at radius 1 is 1.40 bits per heavy atom. The molecule has 0 aliphatic rings. The first-order valence-corrected chi connectivity index (χ1v) is 6.79. The largest absolute Gasteiger partial charge is 0.478 e. The van der Waals surface area contributed by atoms with Crippen LogP contribution in [0.2, 0.25) is 0 Å². The minimum absolute atomic E-state index is 0.113. The van der Waals surface area contributed by atoms with E-state index in [2.05, 4.69) is 16.7 Å². The van der Waals surface area contributed by atoms with Crippen LogP contribution in [-0.2, 0) is 0 Å². The maximum atomic E-state index is 11.8. The molecule has 0 radical (unpaired) electrons. The number of carbonyl (C=O) groups is 2. The number of urea groups is 1. The van der Waals surface area contributed by atoms with Crippen LogP contribution in [0.4, 0.5) is 9.80 Å². The summed E-state index contributed by atoms with van der Waals surface area (Å²) in [4.78, 5) is 23.8. The Morgan fingerprint density at radius 2 is 2.00 bits per heavy atom. The average molecular weight is 295 g/mol.